The number of fused-ring (bicyclic) bond motifs is 5. The molecule has 0 aromatic heterocycles. The third-order valence-electron chi connectivity index (χ3n) is 8.62. The summed E-state index contributed by atoms with van der Waals surface area (Å²) in [6, 6.07) is 0. The van der Waals surface area contributed by atoms with Crippen LogP contribution in [-0.2, 0) is 4.79 Å². The SMILES string of the molecule is C[C@]12CC[C@H](O)CC1=CCC1C2CC[C@@]2(C)C1CC[C@@H]2C(=O)CO. The van der Waals surface area contributed by atoms with E-state index >= 15 is 0 Å². The summed E-state index contributed by atoms with van der Waals surface area (Å²) in [5.41, 5.74) is 1.87. The lowest BCUT2D eigenvalue weighted by molar-refractivity contribution is -0.132. The number of aliphatic hydroxyl groups excluding tert-OH is 2. The van der Waals surface area contributed by atoms with Crippen LogP contribution in [0.3, 0.4) is 0 Å². The monoisotopic (exact) mass is 332 g/mol. The predicted octanol–water partition coefficient (Wildman–Crippen LogP) is 3.49. The second kappa shape index (κ2) is 5.67. The zero-order valence-corrected chi connectivity index (χ0v) is 15.1. The Labute approximate surface area is 145 Å². The van der Waals surface area contributed by atoms with Crippen molar-refractivity contribution >= 4 is 5.78 Å². The molecule has 134 valence electrons. The first-order chi connectivity index (χ1) is 11.4. The van der Waals surface area contributed by atoms with Gasteiger partial charge in [-0.2, -0.15) is 0 Å². The summed E-state index contributed by atoms with van der Waals surface area (Å²) in [6.45, 7) is 4.47. The van der Waals surface area contributed by atoms with E-state index < -0.39 is 0 Å². The molecule has 0 spiro atoms. The number of hydrogen-bond donors (Lipinski definition) is 2. The van der Waals surface area contributed by atoms with Gasteiger partial charge in [0.05, 0.1) is 6.10 Å². The van der Waals surface area contributed by atoms with Crippen LogP contribution in [0.2, 0.25) is 0 Å². The van der Waals surface area contributed by atoms with Crippen molar-refractivity contribution in [3.63, 3.8) is 0 Å². The van der Waals surface area contributed by atoms with Gasteiger partial charge in [-0.15, -0.1) is 0 Å². The van der Waals surface area contributed by atoms with E-state index in [4.69, 9.17) is 0 Å². The smallest absolute Gasteiger partial charge is 0.161 e. The molecule has 2 N–H and O–H groups in total. The average molecular weight is 332 g/mol. The highest BCUT2D eigenvalue weighted by Crippen LogP contribution is 2.66. The molecule has 24 heavy (non-hydrogen) atoms. The van der Waals surface area contributed by atoms with Gasteiger partial charge in [0.2, 0.25) is 0 Å². The minimum atomic E-state index is -0.291. The van der Waals surface area contributed by atoms with Gasteiger partial charge < -0.3 is 10.2 Å². The summed E-state index contributed by atoms with van der Waals surface area (Å²) in [5, 5.41) is 19.4. The number of aliphatic hydroxyl groups is 2. The van der Waals surface area contributed by atoms with Crippen molar-refractivity contribution in [2.45, 2.75) is 71.3 Å². The van der Waals surface area contributed by atoms with Gasteiger partial charge in [0.15, 0.2) is 5.78 Å². The average Bonchev–Trinajstić information content (AvgIpc) is 2.92. The second-order valence-corrected chi connectivity index (χ2v) is 9.45. The van der Waals surface area contributed by atoms with Crippen LogP contribution in [0.1, 0.15) is 65.2 Å². The molecule has 3 saturated carbocycles. The third-order valence-corrected chi connectivity index (χ3v) is 8.62. The van der Waals surface area contributed by atoms with Gasteiger partial charge in [-0.05, 0) is 80.0 Å². The molecule has 3 fully saturated rings. The van der Waals surface area contributed by atoms with E-state index in [1.54, 1.807) is 0 Å². The zero-order chi connectivity index (χ0) is 17.1. The van der Waals surface area contributed by atoms with E-state index in [2.05, 4.69) is 19.9 Å². The van der Waals surface area contributed by atoms with Crippen LogP contribution in [0.15, 0.2) is 11.6 Å². The Bertz CT molecular complexity index is 567. The topological polar surface area (TPSA) is 57.5 Å². The molecule has 0 bridgehead atoms. The van der Waals surface area contributed by atoms with Gasteiger partial charge >= 0.3 is 0 Å². The van der Waals surface area contributed by atoms with Crippen LogP contribution in [0.5, 0.6) is 0 Å². The highest BCUT2D eigenvalue weighted by molar-refractivity contribution is 5.83. The van der Waals surface area contributed by atoms with Gasteiger partial charge in [0, 0.05) is 5.92 Å². The second-order valence-electron chi connectivity index (χ2n) is 9.45. The van der Waals surface area contributed by atoms with Crippen LogP contribution in [0.25, 0.3) is 0 Å². The van der Waals surface area contributed by atoms with Crippen LogP contribution in [0, 0.1) is 34.5 Å². The molecule has 7 atom stereocenters. The van der Waals surface area contributed by atoms with Gasteiger partial charge in [0.1, 0.15) is 6.61 Å². The van der Waals surface area contributed by atoms with Crippen molar-refractivity contribution in [1.29, 1.82) is 0 Å². The lowest BCUT2D eigenvalue weighted by Gasteiger charge is -2.57. The fourth-order valence-electron chi connectivity index (χ4n) is 7.28. The van der Waals surface area contributed by atoms with E-state index in [0.717, 1.165) is 44.9 Å². The molecule has 0 aromatic carbocycles. The maximum absolute atomic E-state index is 12.3. The Hall–Kier alpha value is -0.670. The molecular weight excluding hydrogens is 300 g/mol. The predicted molar refractivity (Wildman–Crippen MR) is 93.3 cm³/mol. The van der Waals surface area contributed by atoms with E-state index in [0.29, 0.717) is 17.8 Å². The summed E-state index contributed by atoms with van der Waals surface area (Å²) in [6.07, 6.45) is 10.8. The summed E-state index contributed by atoms with van der Waals surface area (Å²) in [4.78, 5) is 12.3. The van der Waals surface area contributed by atoms with Crippen LogP contribution in [0.4, 0.5) is 0 Å². The number of allylic oxidation sites excluding steroid dienone is 1. The van der Waals surface area contributed by atoms with Crippen molar-refractivity contribution in [2.75, 3.05) is 6.61 Å². The van der Waals surface area contributed by atoms with Crippen LogP contribution in [-0.4, -0.2) is 28.7 Å². The first-order valence-corrected chi connectivity index (χ1v) is 9.91. The molecule has 0 aromatic rings. The van der Waals surface area contributed by atoms with Crippen LogP contribution < -0.4 is 0 Å². The normalized spacial score (nSPS) is 50.5. The summed E-state index contributed by atoms with van der Waals surface area (Å²) in [5.74, 6) is 2.16. The molecule has 0 amide bonds. The Morgan fingerprint density at radius 1 is 1.17 bits per heavy atom. The molecule has 3 nitrogen and oxygen atoms in total. The Balaban J connectivity index is 1.64. The Kier molecular flexibility index (Phi) is 3.96. The number of carbonyl (C=O) groups is 1. The number of rotatable bonds is 2. The molecule has 0 radical (unpaired) electrons. The Morgan fingerprint density at radius 3 is 2.71 bits per heavy atom. The maximum atomic E-state index is 12.3. The van der Waals surface area contributed by atoms with Gasteiger partial charge in [-0.25, -0.2) is 0 Å². The molecule has 0 aliphatic heterocycles. The van der Waals surface area contributed by atoms with Crippen molar-refractivity contribution in [3.05, 3.63) is 11.6 Å². The summed E-state index contributed by atoms with van der Waals surface area (Å²) >= 11 is 0. The lowest BCUT2D eigenvalue weighted by Crippen LogP contribution is -2.51. The number of hydrogen-bond acceptors (Lipinski definition) is 3. The highest BCUT2D eigenvalue weighted by Gasteiger charge is 2.59. The molecule has 3 heteroatoms. The highest BCUT2D eigenvalue weighted by atomic mass is 16.3. The van der Waals surface area contributed by atoms with Crippen molar-refractivity contribution < 1.29 is 15.0 Å². The third kappa shape index (κ3) is 2.20. The largest absolute Gasteiger partial charge is 0.393 e. The molecule has 0 saturated heterocycles. The van der Waals surface area contributed by atoms with E-state index in [1.165, 1.54) is 12.0 Å². The standard InChI is InChI=1S/C21H32O3/c1-20-9-7-14(23)11-13(20)3-4-15-16-5-6-18(19(24)12-22)21(16,2)10-8-17(15)20/h3,14-18,22-23H,4-12H2,1-2H3/t14-,15?,16?,17?,18+,20-,21-/m0/s1. The fourth-order valence-corrected chi connectivity index (χ4v) is 7.28. The number of Topliss-reactive ketones (excluding diaryl/α,β-unsaturated/α-hetero) is 1. The molecule has 4 aliphatic rings. The summed E-state index contributed by atoms with van der Waals surface area (Å²) in [7, 11) is 0. The van der Waals surface area contributed by atoms with Crippen LogP contribution >= 0.6 is 0 Å². The van der Waals surface area contributed by atoms with Crippen molar-refractivity contribution in [1.82, 2.24) is 0 Å². The van der Waals surface area contributed by atoms with Crippen molar-refractivity contribution in [2.24, 2.45) is 34.5 Å². The minimum absolute atomic E-state index is 0.0671. The van der Waals surface area contributed by atoms with E-state index in [-0.39, 0.29) is 35.2 Å². The number of ketones is 1. The van der Waals surface area contributed by atoms with Crippen molar-refractivity contribution in [3.8, 4) is 0 Å². The first kappa shape index (κ1) is 16.8. The van der Waals surface area contributed by atoms with Gasteiger partial charge in [-0.1, -0.05) is 25.5 Å². The molecular formula is C21H32O3. The first-order valence-electron chi connectivity index (χ1n) is 9.91. The zero-order valence-electron chi connectivity index (χ0n) is 15.1. The van der Waals surface area contributed by atoms with E-state index in [1.807, 2.05) is 0 Å². The van der Waals surface area contributed by atoms with Gasteiger partial charge in [0.25, 0.3) is 0 Å². The molecule has 0 heterocycles. The number of carbonyl (C=O) groups excluding carboxylic acids is 1. The van der Waals surface area contributed by atoms with E-state index in [9.17, 15) is 15.0 Å². The Morgan fingerprint density at radius 2 is 1.96 bits per heavy atom. The fraction of sp³-hybridized carbons (Fsp3) is 0.857. The quantitative estimate of drug-likeness (QED) is 0.761. The maximum Gasteiger partial charge on any atom is 0.161 e. The minimum Gasteiger partial charge on any atom is -0.393 e. The molecule has 4 aliphatic carbocycles. The van der Waals surface area contributed by atoms with Gasteiger partial charge in [-0.3, -0.25) is 4.79 Å². The summed E-state index contributed by atoms with van der Waals surface area (Å²) < 4.78 is 0. The lowest BCUT2D eigenvalue weighted by atomic mass is 9.47. The molecule has 3 unspecified atom stereocenters. The molecule has 4 rings (SSSR count).